The van der Waals surface area contributed by atoms with Gasteiger partial charge in [-0.05, 0) is 23.8 Å². The Morgan fingerprint density at radius 3 is 2.53 bits per heavy atom. The van der Waals surface area contributed by atoms with Crippen molar-refractivity contribution in [3.63, 3.8) is 0 Å². The van der Waals surface area contributed by atoms with E-state index in [4.69, 9.17) is 0 Å². The molecular formula is C10H10O5S2. The number of phenols is 1. The van der Waals surface area contributed by atoms with Crippen molar-refractivity contribution in [1.29, 1.82) is 0 Å². The number of rotatable bonds is 2. The SMILES string of the molecule is CS(=O)(=O)CC1=CS(=O)(=O)c2ccc(O)cc21. The number of benzene rings is 1. The van der Waals surface area contributed by atoms with Crippen LogP contribution in [0.25, 0.3) is 5.57 Å². The van der Waals surface area contributed by atoms with E-state index >= 15 is 0 Å². The molecule has 0 atom stereocenters. The van der Waals surface area contributed by atoms with Gasteiger partial charge < -0.3 is 5.11 Å². The smallest absolute Gasteiger partial charge is 0.200 e. The van der Waals surface area contributed by atoms with E-state index in [1.807, 2.05) is 0 Å². The first-order valence-corrected chi connectivity index (χ1v) is 8.26. The Balaban J connectivity index is 2.64. The summed E-state index contributed by atoms with van der Waals surface area (Å²) in [7, 11) is -6.91. The molecule has 0 aliphatic carbocycles. The summed E-state index contributed by atoms with van der Waals surface area (Å²) < 4.78 is 45.8. The monoisotopic (exact) mass is 274 g/mol. The fraction of sp³-hybridized carbons (Fsp3) is 0.200. The van der Waals surface area contributed by atoms with Crippen LogP contribution in [-0.4, -0.2) is 34.0 Å². The molecule has 1 aliphatic rings. The highest BCUT2D eigenvalue weighted by molar-refractivity contribution is 7.95. The maximum atomic E-state index is 11.7. The fourth-order valence-corrected chi connectivity index (χ4v) is 4.10. The third-order valence-electron chi connectivity index (χ3n) is 2.33. The predicted molar refractivity (Wildman–Crippen MR) is 63.0 cm³/mol. The molecule has 17 heavy (non-hydrogen) atoms. The Morgan fingerprint density at radius 2 is 1.94 bits per heavy atom. The Labute approximate surface area is 99.2 Å². The highest BCUT2D eigenvalue weighted by Gasteiger charge is 2.28. The molecule has 92 valence electrons. The van der Waals surface area contributed by atoms with Gasteiger partial charge in [0.2, 0.25) is 9.84 Å². The maximum Gasteiger partial charge on any atom is 0.200 e. The van der Waals surface area contributed by atoms with Gasteiger partial charge in [0.05, 0.1) is 10.6 Å². The van der Waals surface area contributed by atoms with Crippen LogP contribution in [0.3, 0.4) is 0 Å². The fourth-order valence-electron chi connectivity index (χ4n) is 1.73. The first-order chi connectivity index (χ1) is 7.69. The summed E-state index contributed by atoms with van der Waals surface area (Å²) in [6, 6.07) is 3.79. The third-order valence-corrected chi connectivity index (χ3v) is 4.73. The molecule has 0 bridgehead atoms. The van der Waals surface area contributed by atoms with E-state index in [0.717, 1.165) is 11.7 Å². The van der Waals surface area contributed by atoms with Gasteiger partial charge in [-0.1, -0.05) is 0 Å². The van der Waals surface area contributed by atoms with Crippen LogP contribution in [0.4, 0.5) is 0 Å². The summed E-state index contributed by atoms with van der Waals surface area (Å²) in [4.78, 5) is 0.0361. The summed E-state index contributed by atoms with van der Waals surface area (Å²) >= 11 is 0. The van der Waals surface area contributed by atoms with Gasteiger partial charge >= 0.3 is 0 Å². The van der Waals surface area contributed by atoms with Crippen LogP contribution in [-0.2, 0) is 19.7 Å². The second-order valence-corrected chi connectivity index (χ2v) is 7.84. The van der Waals surface area contributed by atoms with Crippen LogP contribution in [0, 0.1) is 0 Å². The Bertz CT molecular complexity index is 711. The van der Waals surface area contributed by atoms with Crippen molar-refractivity contribution in [2.24, 2.45) is 0 Å². The molecule has 1 N–H and O–H groups in total. The van der Waals surface area contributed by atoms with Crippen LogP contribution < -0.4 is 0 Å². The van der Waals surface area contributed by atoms with Crippen molar-refractivity contribution in [3.05, 3.63) is 29.2 Å². The van der Waals surface area contributed by atoms with Gasteiger partial charge in [-0.25, -0.2) is 16.8 Å². The lowest BCUT2D eigenvalue weighted by Crippen LogP contribution is -2.04. The number of fused-ring (bicyclic) bond motifs is 1. The molecule has 1 heterocycles. The van der Waals surface area contributed by atoms with Crippen molar-refractivity contribution in [2.45, 2.75) is 4.90 Å². The van der Waals surface area contributed by atoms with Gasteiger partial charge in [0.15, 0.2) is 9.84 Å². The van der Waals surface area contributed by atoms with Gasteiger partial charge in [0, 0.05) is 17.2 Å². The number of hydrogen-bond donors (Lipinski definition) is 1. The zero-order valence-corrected chi connectivity index (χ0v) is 10.5. The summed E-state index contributed by atoms with van der Waals surface area (Å²) in [5, 5.41) is 10.3. The average Bonchev–Trinajstić information content (AvgIpc) is 2.35. The minimum Gasteiger partial charge on any atom is -0.508 e. The molecule has 0 unspecified atom stereocenters. The van der Waals surface area contributed by atoms with E-state index in [9.17, 15) is 21.9 Å². The molecule has 0 fully saturated rings. The molecule has 7 heteroatoms. The molecule has 0 amide bonds. The van der Waals surface area contributed by atoms with Gasteiger partial charge in [-0.15, -0.1) is 0 Å². The summed E-state index contributed by atoms with van der Waals surface area (Å²) in [5.74, 6) is -0.455. The second kappa shape index (κ2) is 3.58. The van der Waals surface area contributed by atoms with Crippen molar-refractivity contribution in [2.75, 3.05) is 12.0 Å². The first-order valence-electron chi connectivity index (χ1n) is 4.66. The third kappa shape index (κ3) is 2.34. The van der Waals surface area contributed by atoms with E-state index in [0.29, 0.717) is 0 Å². The van der Waals surface area contributed by atoms with Gasteiger partial charge in [-0.2, -0.15) is 0 Å². The standard InChI is InChI=1S/C10H10O5S2/c1-16(12,13)5-7-6-17(14,15)10-3-2-8(11)4-9(7)10/h2-4,6,11H,5H2,1H3. The average molecular weight is 274 g/mol. The first kappa shape index (κ1) is 12.1. The molecule has 1 aliphatic heterocycles. The summed E-state index contributed by atoms with van der Waals surface area (Å²) in [5.41, 5.74) is 0.453. The number of phenolic OH excluding ortho intramolecular Hbond substituents is 1. The van der Waals surface area contributed by atoms with Crippen LogP contribution >= 0.6 is 0 Å². The maximum absolute atomic E-state index is 11.7. The van der Waals surface area contributed by atoms with E-state index < -0.39 is 19.7 Å². The van der Waals surface area contributed by atoms with E-state index in [-0.39, 0.29) is 27.5 Å². The summed E-state index contributed by atoms with van der Waals surface area (Å²) in [6.07, 6.45) is 1.03. The number of hydrogen-bond acceptors (Lipinski definition) is 5. The molecule has 1 aromatic rings. The van der Waals surface area contributed by atoms with Crippen LogP contribution in [0.15, 0.2) is 28.5 Å². The molecular weight excluding hydrogens is 264 g/mol. The lowest BCUT2D eigenvalue weighted by Gasteiger charge is -2.03. The van der Waals surface area contributed by atoms with Gasteiger partial charge in [-0.3, -0.25) is 0 Å². The zero-order chi connectivity index (χ0) is 12.8. The molecule has 0 radical (unpaired) electrons. The Kier molecular flexibility index (Phi) is 2.55. The molecule has 0 spiro atoms. The van der Waals surface area contributed by atoms with Crippen molar-refractivity contribution in [1.82, 2.24) is 0 Å². The van der Waals surface area contributed by atoms with Crippen LogP contribution in [0.5, 0.6) is 5.75 Å². The Morgan fingerprint density at radius 1 is 1.29 bits per heavy atom. The van der Waals surface area contributed by atoms with E-state index in [1.54, 1.807) is 0 Å². The van der Waals surface area contributed by atoms with Crippen molar-refractivity contribution in [3.8, 4) is 5.75 Å². The lowest BCUT2D eigenvalue weighted by molar-refractivity contribution is 0.474. The van der Waals surface area contributed by atoms with Crippen LogP contribution in [0.2, 0.25) is 0 Å². The highest BCUT2D eigenvalue weighted by atomic mass is 32.2. The van der Waals surface area contributed by atoms with E-state index in [1.165, 1.54) is 18.2 Å². The normalized spacial score (nSPS) is 17.6. The van der Waals surface area contributed by atoms with Gasteiger partial charge in [0.1, 0.15) is 5.75 Å². The molecule has 0 saturated carbocycles. The van der Waals surface area contributed by atoms with Crippen molar-refractivity contribution >= 4 is 25.2 Å². The molecule has 0 aromatic heterocycles. The minimum absolute atomic E-state index is 0.0361. The molecule has 1 aromatic carbocycles. The molecule has 2 rings (SSSR count). The zero-order valence-electron chi connectivity index (χ0n) is 8.91. The quantitative estimate of drug-likeness (QED) is 0.851. The van der Waals surface area contributed by atoms with E-state index in [2.05, 4.69) is 0 Å². The van der Waals surface area contributed by atoms with Crippen LogP contribution in [0.1, 0.15) is 5.56 Å². The Hall–Kier alpha value is -1.34. The molecule has 0 saturated heterocycles. The molecule has 5 nitrogen and oxygen atoms in total. The second-order valence-electron chi connectivity index (χ2n) is 3.94. The minimum atomic E-state index is -3.58. The predicted octanol–water partition coefficient (Wildman–Crippen LogP) is 0.565. The number of sulfone groups is 2. The van der Waals surface area contributed by atoms with Gasteiger partial charge in [0.25, 0.3) is 0 Å². The highest BCUT2D eigenvalue weighted by Crippen LogP contribution is 2.35. The largest absolute Gasteiger partial charge is 0.508 e. The lowest BCUT2D eigenvalue weighted by atomic mass is 10.1. The number of aromatic hydroxyl groups is 1. The van der Waals surface area contributed by atoms with Crippen molar-refractivity contribution < 1.29 is 21.9 Å². The summed E-state index contributed by atoms with van der Waals surface area (Å²) in [6.45, 7) is 0. The topological polar surface area (TPSA) is 88.5 Å².